The second kappa shape index (κ2) is 5.36. The first-order chi connectivity index (χ1) is 5.97. The summed E-state index contributed by atoms with van der Waals surface area (Å²) in [6, 6.07) is -1.02. The number of esters is 1. The van der Waals surface area contributed by atoms with Crippen LogP contribution in [0.5, 0.6) is 0 Å². The van der Waals surface area contributed by atoms with Crippen molar-refractivity contribution in [2.45, 2.75) is 19.4 Å². The van der Waals surface area contributed by atoms with Crippen LogP contribution in [0.25, 0.3) is 0 Å². The standard InChI is InChI=1S/C7H14N2O4/c1-5(4-6(10)13-3)8-7(11)9(2)12/h5,12H,4H2,1-3H3,(H,8,11). The highest BCUT2D eigenvalue weighted by atomic mass is 16.5. The van der Waals surface area contributed by atoms with Crippen molar-refractivity contribution in [1.29, 1.82) is 0 Å². The minimum absolute atomic E-state index is 0.0794. The largest absolute Gasteiger partial charge is 0.469 e. The molecule has 0 radical (unpaired) electrons. The molecule has 0 bridgehead atoms. The summed E-state index contributed by atoms with van der Waals surface area (Å²) >= 11 is 0. The van der Waals surface area contributed by atoms with Gasteiger partial charge in [-0.1, -0.05) is 0 Å². The van der Waals surface area contributed by atoms with E-state index in [2.05, 4.69) is 10.1 Å². The summed E-state index contributed by atoms with van der Waals surface area (Å²) in [6.07, 6.45) is 0.0794. The monoisotopic (exact) mass is 190 g/mol. The van der Waals surface area contributed by atoms with E-state index >= 15 is 0 Å². The van der Waals surface area contributed by atoms with Crippen molar-refractivity contribution >= 4 is 12.0 Å². The molecule has 76 valence electrons. The molecule has 0 aliphatic rings. The number of methoxy groups -OCH3 is 1. The Labute approximate surface area is 76.4 Å². The number of carbonyl (C=O) groups is 2. The van der Waals surface area contributed by atoms with Gasteiger partial charge in [0.25, 0.3) is 0 Å². The molecule has 0 aromatic heterocycles. The molecule has 0 aromatic carbocycles. The second-order valence-electron chi connectivity index (χ2n) is 2.65. The molecule has 2 amide bonds. The Bertz CT molecular complexity index is 193. The quantitative estimate of drug-likeness (QED) is 0.372. The zero-order valence-corrected chi connectivity index (χ0v) is 7.90. The Morgan fingerprint density at radius 1 is 1.62 bits per heavy atom. The van der Waals surface area contributed by atoms with Gasteiger partial charge in [0, 0.05) is 13.1 Å². The van der Waals surface area contributed by atoms with Crippen molar-refractivity contribution < 1.29 is 19.5 Å². The van der Waals surface area contributed by atoms with Crippen LogP contribution < -0.4 is 5.32 Å². The molecule has 0 aliphatic heterocycles. The van der Waals surface area contributed by atoms with Gasteiger partial charge in [0.15, 0.2) is 0 Å². The lowest BCUT2D eigenvalue weighted by atomic mass is 10.2. The number of hydrogen-bond acceptors (Lipinski definition) is 4. The third-order valence-electron chi connectivity index (χ3n) is 1.36. The van der Waals surface area contributed by atoms with Crippen molar-refractivity contribution in [3.05, 3.63) is 0 Å². The van der Waals surface area contributed by atoms with E-state index in [1.54, 1.807) is 6.92 Å². The van der Waals surface area contributed by atoms with Crippen molar-refractivity contribution in [3.8, 4) is 0 Å². The van der Waals surface area contributed by atoms with Gasteiger partial charge < -0.3 is 10.1 Å². The summed E-state index contributed by atoms with van der Waals surface area (Å²) in [5.41, 5.74) is 0. The number of hydroxylamine groups is 2. The molecule has 13 heavy (non-hydrogen) atoms. The van der Waals surface area contributed by atoms with Crippen molar-refractivity contribution in [3.63, 3.8) is 0 Å². The van der Waals surface area contributed by atoms with E-state index in [1.165, 1.54) is 14.2 Å². The SMILES string of the molecule is COC(=O)CC(C)NC(=O)N(C)O. The maximum atomic E-state index is 10.8. The topological polar surface area (TPSA) is 78.9 Å². The number of hydrogen-bond donors (Lipinski definition) is 2. The molecular weight excluding hydrogens is 176 g/mol. The van der Waals surface area contributed by atoms with Crippen LogP contribution in [0.15, 0.2) is 0 Å². The molecule has 0 fully saturated rings. The molecule has 1 unspecified atom stereocenters. The summed E-state index contributed by atoms with van der Waals surface area (Å²) in [5.74, 6) is -0.409. The highest BCUT2D eigenvalue weighted by Gasteiger charge is 2.13. The highest BCUT2D eigenvalue weighted by molar-refractivity contribution is 5.75. The predicted octanol–water partition coefficient (Wildman–Crippen LogP) is -0.0314. The van der Waals surface area contributed by atoms with E-state index in [0.29, 0.717) is 5.06 Å². The molecular formula is C7H14N2O4. The van der Waals surface area contributed by atoms with Crippen LogP contribution >= 0.6 is 0 Å². The highest BCUT2D eigenvalue weighted by Crippen LogP contribution is 1.93. The normalized spacial score (nSPS) is 11.7. The molecule has 2 N–H and O–H groups in total. The maximum Gasteiger partial charge on any atom is 0.341 e. The number of amides is 2. The number of nitrogens with one attached hydrogen (secondary N) is 1. The minimum atomic E-state index is -0.656. The number of rotatable bonds is 3. The molecule has 0 saturated heterocycles. The van der Waals surface area contributed by atoms with Gasteiger partial charge in [-0.3, -0.25) is 10.0 Å². The summed E-state index contributed by atoms with van der Waals surface area (Å²) in [5, 5.41) is 11.5. The predicted molar refractivity (Wildman–Crippen MR) is 44.2 cm³/mol. The number of urea groups is 1. The van der Waals surface area contributed by atoms with E-state index in [1.807, 2.05) is 0 Å². The average molecular weight is 190 g/mol. The lowest BCUT2D eigenvalue weighted by molar-refractivity contribution is -0.141. The van der Waals surface area contributed by atoms with Gasteiger partial charge in [-0.2, -0.15) is 0 Å². The molecule has 0 heterocycles. The smallest absolute Gasteiger partial charge is 0.341 e. The van der Waals surface area contributed by atoms with Gasteiger partial charge in [-0.15, -0.1) is 0 Å². The Kier molecular flexibility index (Phi) is 4.83. The lowest BCUT2D eigenvalue weighted by Gasteiger charge is -2.15. The Balaban J connectivity index is 3.80. The molecule has 1 atom stereocenters. The zero-order valence-electron chi connectivity index (χ0n) is 7.90. The van der Waals surface area contributed by atoms with E-state index in [-0.39, 0.29) is 12.5 Å². The average Bonchev–Trinajstić information content (AvgIpc) is 2.03. The van der Waals surface area contributed by atoms with E-state index in [0.717, 1.165) is 0 Å². The fourth-order valence-corrected chi connectivity index (χ4v) is 0.689. The van der Waals surface area contributed by atoms with E-state index < -0.39 is 12.0 Å². The first-order valence-corrected chi connectivity index (χ1v) is 3.77. The van der Waals surface area contributed by atoms with Crippen molar-refractivity contribution in [2.24, 2.45) is 0 Å². The van der Waals surface area contributed by atoms with Crippen LogP contribution in [-0.4, -0.2) is 42.5 Å². The molecule has 0 spiro atoms. The summed E-state index contributed by atoms with van der Waals surface area (Å²) in [4.78, 5) is 21.6. The molecule has 0 rings (SSSR count). The van der Waals surface area contributed by atoms with Crippen LogP contribution in [0.1, 0.15) is 13.3 Å². The number of ether oxygens (including phenoxy) is 1. The third kappa shape index (κ3) is 5.02. The minimum Gasteiger partial charge on any atom is -0.469 e. The van der Waals surface area contributed by atoms with Gasteiger partial charge in [-0.25, -0.2) is 9.86 Å². The van der Waals surface area contributed by atoms with Crippen LogP contribution in [-0.2, 0) is 9.53 Å². The zero-order chi connectivity index (χ0) is 10.4. The van der Waals surface area contributed by atoms with Crippen molar-refractivity contribution in [2.75, 3.05) is 14.2 Å². The number of nitrogens with zero attached hydrogens (tertiary/aromatic N) is 1. The summed E-state index contributed by atoms with van der Waals surface area (Å²) in [6.45, 7) is 1.64. The second-order valence-corrected chi connectivity index (χ2v) is 2.65. The first kappa shape index (κ1) is 11.7. The molecule has 0 saturated carbocycles. The van der Waals surface area contributed by atoms with Crippen LogP contribution in [0.3, 0.4) is 0 Å². The van der Waals surface area contributed by atoms with Crippen LogP contribution in [0.4, 0.5) is 4.79 Å². The van der Waals surface area contributed by atoms with Gasteiger partial charge in [-0.05, 0) is 6.92 Å². The third-order valence-corrected chi connectivity index (χ3v) is 1.36. The fraction of sp³-hybridized carbons (Fsp3) is 0.714. The maximum absolute atomic E-state index is 10.8. The van der Waals surface area contributed by atoms with Gasteiger partial charge in [0.1, 0.15) is 0 Å². The van der Waals surface area contributed by atoms with Gasteiger partial charge in [0.05, 0.1) is 13.5 Å². The van der Waals surface area contributed by atoms with Crippen molar-refractivity contribution in [1.82, 2.24) is 10.4 Å². The van der Waals surface area contributed by atoms with E-state index in [9.17, 15) is 9.59 Å². The van der Waals surface area contributed by atoms with E-state index in [4.69, 9.17) is 5.21 Å². The van der Waals surface area contributed by atoms with Gasteiger partial charge in [0.2, 0.25) is 0 Å². The van der Waals surface area contributed by atoms with Gasteiger partial charge >= 0.3 is 12.0 Å². The Morgan fingerprint density at radius 2 is 2.15 bits per heavy atom. The Morgan fingerprint density at radius 3 is 2.54 bits per heavy atom. The summed E-state index contributed by atoms with van der Waals surface area (Å²) < 4.78 is 4.40. The molecule has 6 nitrogen and oxygen atoms in total. The van der Waals surface area contributed by atoms with Crippen LogP contribution in [0.2, 0.25) is 0 Å². The molecule has 0 aromatic rings. The number of carbonyl (C=O) groups excluding carboxylic acids is 2. The summed E-state index contributed by atoms with van der Waals surface area (Å²) in [7, 11) is 2.47. The molecule has 6 heteroatoms. The lowest BCUT2D eigenvalue weighted by Crippen LogP contribution is -2.41. The fourth-order valence-electron chi connectivity index (χ4n) is 0.689. The van der Waals surface area contributed by atoms with Crippen LogP contribution in [0, 0.1) is 0 Å². The Hall–Kier alpha value is -1.30. The first-order valence-electron chi connectivity index (χ1n) is 3.77. The molecule has 0 aliphatic carbocycles.